The van der Waals surface area contributed by atoms with Crippen molar-refractivity contribution in [3.8, 4) is 0 Å². The van der Waals surface area contributed by atoms with E-state index >= 15 is 0 Å². The van der Waals surface area contributed by atoms with Crippen LogP contribution in [0.15, 0.2) is 12.4 Å². The normalized spacial score (nSPS) is 24.0. The fraction of sp³-hybridized carbons (Fsp3) is 0.615. The van der Waals surface area contributed by atoms with Crippen LogP contribution < -0.4 is 4.90 Å². The van der Waals surface area contributed by atoms with Gasteiger partial charge >= 0.3 is 5.97 Å². The Balaban J connectivity index is 2.08. The second-order valence-corrected chi connectivity index (χ2v) is 5.06. The van der Waals surface area contributed by atoms with Gasteiger partial charge in [-0.2, -0.15) is 0 Å². The van der Waals surface area contributed by atoms with Crippen molar-refractivity contribution in [3.63, 3.8) is 0 Å². The molecular formula is C13H19N3O3. The van der Waals surface area contributed by atoms with Crippen molar-refractivity contribution in [1.82, 2.24) is 9.97 Å². The molecule has 0 aliphatic carbocycles. The van der Waals surface area contributed by atoms with Crippen LogP contribution in [0.3, 0.4) is 0 Å². The van der Waals surface area contributed by atoms with Crippen LogP contribution >= 0.6 is 0 Å². The number of hydrogen-bond donors (Lipinski definition) is 1. The number of rotatable bonds is 3. The summed E-state index contributed by atoms with van der Waals surface area (Å²) in [6.45, 7) is 3.85. The van der Waals surface area contributed by atoms with Gasteiger partial charge in [-0.1, -0.05) is 0 Å². The summed E-state index contributed by atoms with van der Waals surface area (Å²) >= 11 is 0. The van der Waals surface area contributed by atoms with Crippen molar-refractivity contribution in [1.29, 1.82) is 0 Å². The van der Waals surface area contributed by atoms with Gasteiger partial charge < -0.3 is 14.7 Å². The number of aromatic nitrogens is 2. The van der Waals surface area contributed by atoms with Crippen molar-refractivity contribution >= 4 is 11.8 Å². The summed E-state index contributed by atoms with van der Waals surface area (Å²) in [6, 6.07) is 0. The SMILES string of the molecule is COC1(C)CCCN(c2cnc(C(=O)O)cn2)CC1. The Kier molecular flexibility index (Phi) is 3.99. The lowest BCUT2D eigenvalue weighted by molar-refractivity contribution is -0.00330. The number of aromatic carboxylic acids is 1. The van der Waals surface area contributed by atoms with E-state index in [0.29, 0.717) is 0 Å². The third kappa shape index (κ3) is 3.20. The van der Waals surface area contributed by atoms with Gasteiger partial charge in [0.25, 0.3) is 0 Å². The second kappa shape index (κ2) is 5.52. The van der Waals surface area contributed by atoms with Gasteiger partial charge in [0.05, 0.1) is 18.0 Å². The highest BCUT2D eigenvalue weighted by Gasteiger charge is 2.27. The standard InChI is InChI=1S/C13H19N3O3/c1-13(19-2)4-3-6-16(7-5-13)11-9-14-10(8-15-11)12(17)18/h8-9H,3-7H2,1-2H3,(H,17,18). The molecule has 1 aromatic rings. The average molecular weight is 265 g/mol. The van der Waals surface area contributed by atoms with Gasteiger partial charge in [0.15, 0.2) is 5.69 Å². The molecule has 1 N–H and O–H groups in total. The Morgan fingerprint density at radius 1 is 1.37 bits per heavy atom. The van der Waals surface area contributed by atoms with Crippen molar-refractivity contribution in [3.05, 3.63) is 18.1 Å². The smallest absolute Gasteiger partial charge is 0.356 e. The molecule has 0 amide bonds. The average Bonchev–Trinajstić information content (AvgIpc) is 2.62. The second-order valence-electron chi connectivity index (χ2n) is 5.06. The van der Waals surface area contributed by atoms with E-state index < -0.39 is 5.97 Å². The van der Waals surface area contributed by atoms with Gasteiger partial charge in [-0.3, -0.25) is 0 Å². The Bertz CT molecular complexity index is 449. The molecule has 104 valence electrons. The summed E-state index contributed by atoms with van der Waals surface area (Å²) < 4.78 is 5.55. The highest BCUT2D eigenvalue weighted by molar-refractivity contribution is 5.84. The molecule has 2 rings (SSSR count). The number of carboxylic acids is 1. The van der Waals surface area contributed by atoms with Crippen LogP contribution in [0.25, 0.3) is 0 Å². The number of carboxylic acid groups (broad SMARTS) is 1. The quantitative estimate of drug-likeness (QED) is 0.894. The zero-order valence-corrected chi connectivity index (χ0v) is 11.3. The van der Waals surface area contributed by atoms with Crippen molar-refractivity contribution in [2.75, 3.05) is 25.1 Å². The predicted molar refractivity (Wildman–Crippen MR) is 70.5 cm³/mol. The highest BCUT2D eigenvalue weighted by Crippen LogP contribution is 2.26. The molecule has 6 heteroatoms. The van der Waals surface area contributed by atoms with Gasteiger partial charge in [0.1, 0.15) is 5.82 Å². The molecule has 0 saturated carbocycles. The number of hydrogen-bond acceptors (Lipinski definition) is 5. The van der Waals surface area contributed by atoms with E-state index in [4.69, 9.17) is 9.84 Å². The van der Waals surface area contributed by atoms with Gasteiger partial charge in [-0.05, 0) is 26.2 Å². The minimum Gasteiger partial charge on any atom is -0.476 e. The maximum absolute atomic E-state index is 10.7. The molecule has 1 atom stereocenters. The predicted octanol–water partition coefficient (Wildman–Crippen LogP) is 1.57. The molecule has 0 aromatic carbocycles. The minimum absolute atomic E-state index is 0.0275. The number of anilines is 1. The lowest BCUT2D eigenvalue weighted by Gasteiger charge is -2.26. The van der Waals surface area contributed by atoms with Crippen LogP contribution in [-0.4, -0.2) is 46.8 Å². The molecule has 19 heavy (non-hydrogen) atoms. The Morgan fingerprint density at radius 2 is 2.16 bits per heavy atom. The largest absolute Gasteiger partial charge is 0.476 e. The van der Waals surface area contributed by atoms with Crippen LogP contribution in [0.2, 0.25) is 0 Å². The monoisotopic (exact) mass is 265 g/mol. The summed E-state index contributed by atoms with van der Waals surface area (Å²) in [5, 5.41) is 8.80. The lowest BCUT2D eigenvalue weighted by Crippen LogP contribution is -2.30. The third-order valence-electron chi connectivity index (χ3n) is 3.72. The Labute approximate surface area is 112 Å². The summed E-state index contributed by atoms with van der Waals surface area (Å²) in [5.74, 6) is -0.327. The van der Waals surface area contributed by atoms with Crippen LogP contribution in [-0.2, 0) is 4.74 Å². The zero-order valence-electron chi connectivity index (χ0n) is 11.3. The fourth-order valence-electron chi connectivity index (χ4n) is 2.28. The molecule has 1 unspecified atom stereocenters. The van der Waals surface area contributed by atoms with Gasteiger partial charge in [-0.25, -0.2) is 14.8 Å². The number of nitrogens with zero attached hydrogens (tertiary/aromatic N) is 3. The number of methoxy groups -OCH3 is 1. The summed E-state index contributed by atoms with van der Waals surface area (Å²) in [7, 11) is 1.75. The maximum Gasteiger partial charge on any atom is 0.356 e. The zero-order chi connectivity index (χ0) is 13.9. The molecule has 1 fully saturated rings. The van der Waals surface area contributed by atoms with E-state index in [2.05, 4.69) is 21.8 Å². The molecule has 1 aliphatic heterocycles. The van der Waals surface area contributed by atoms with Crippen LogP contribution in [0, 0.1) is 0 Å². The fourth-order valence-corrected chi connectivity index (χ4v) is 2.28. The van der Waals surface area contributed by atoms with Crippen LogP contribution in [0.4, 0.5) is 5.82 Å². The van der Waals surface area contributed by atoms with E-state index in [9.17, 15) is 4.79 Å². The summed E-state index contributed by atoms with van der Waals surface area (Å²) in [6.07, 6.45) is 5.79. The first-order valence-corrected chi connectivity index (χ1v) is 6.39. The van der Waals surface area contributed by atoms with E-state index in [1.807, 2.05) is 0 Å². The van der Waals surface area contributed by atoms with Crippen LogP contribution in [0.5, 0.6) is 0 Å². The first kappa shape index (κ1) is 13.7. The van der Waals surface area contributed by atoms with Crippen molar-refractivity contribution in [2.45, 2.75) is 31.8 Å². The van der Waals surface area contributed by atoms with E-state index in [0.717, 1.165) is 38.2 Å². The molecule has 1 aliphatic rings. The van der Waals surface area contributed by atoms with Crippen LogP contribution in [0.1, 0.15) is 36.7 Å². The number of ether oxygens (including phenoxy) is 1. The highest BCUT2D eigenvalue weighted by atomic mass is 16.5. The van der Waals surface area contributed by atoms with E-state index in [1.165, 1.54) is 12.4 Å². The van der Waals surface area contributed by atoms with Crippen molar-refractivity contribution < 1.29 is 14.6 Å². The first-order chi connectivity index (χ1) is 9.04. The van der Waals surface area contributed by atoms with E-state index in [-0.39, 0.29) is 11.3 Å². The Morgan fingerprint density at radius 3 is 2.74 bits per heavy atom. The molecule has 1 aromatic heterocycles. The summed E-state index contributed by atoms with van der Waals surface area (Å²) in [5.41, 5.74) is -0.108. The lowest BCUT2D eigenvalue weighted by atomic mass is 9.97. The molecule has 2 heterocycles. The molecular weight excluding hydrogens is 246 g/mol. The molecule has 0 bridgehead atoms. The molecule has 0 spiro atoms. The Hall–Kier alpha value is -1.69. The van der Waals surface area contributed by atoms with Gasteiger partial charge in [0.2, 0.25) is 0 Å². The molecule has 6 nitrogen and oxygen atoms in total. The van der Waals surface area contributed by atoms with Gasteiger partial charge in [0, 0.05) is 20.2 Å². The maximum atomic E-state index is 10.7. The molecule has 1 saturated heterocycles. The third-order valence-corrected chi connectivity index (χ3v) is 3.72. The minimum atomic E-state index is -1.05. The number of carbonyl (C=O) groups is 1. The van der Waals surface area contributed by atoms with E-state index in [1.54, 1.807) is 7.11 Å². The van der Waals surface area contributed by atoms with Gasteiger partial charge in [-0.15, -0.1) is 0 Å². The first-order valence-electron chi connectivity index (χ1n) is 6.39. The van der Waals surface area contributed by atoms with Crippen molar-refractivity contribution in [2.24, 2.45) is 0 Å². The summed E-state index contributed by atoms with van der Waals surface area (Å²) in [4.78, 5) is 20.9. The molecule has 0 radical (unpaired) electrons. The topological polar surface area (TPSA) is 75.5 Å².